The molecule has 45 heavy (non-hydrogen) atoms. The normalized spacial score (nSPS) is 12.3. The standard InChI is InChI=1S/C42H29N3/c1-3-11-30(4-2)43-25-24-29-26-37-28(27-41(29)43)18-23-36-35-14-7-10-17-40(35)45(42(36)37)32-21-19-31(20-22-32)44-38-15-8-5-12-33(38)34-13-6-9-16-39(34)44/h3-27H,1-2H2/b30-11+. The van der Waals surface area contributed by atoms with Crippen molar-refractivity contribution in [2.45, 2.75) is 0 Å². The zero-order chi connectivity index (χ0) is 30.1. The first kappa shape index (κ1) is 25.4. The largest absolute Gasteiger partial charge is 0.317 e. The highest BCUT2D eigenvalue weighted by molar-refractivity contribution is 6.20. The van der Waals surface area contributed by atoms with Gasteiger partial charge < -0.3 is 13.7 Å². The van der Waals surface area contributed by atoms with Gasteiger partial charge in [0.1, 0.15) is 0 Å². The van der Waals surface area contributed by atoms with Crippen LogP contribution < -0.4 is 0 Å². The SMILES string of the molecule is C=C/C=C(\C=C)n1ccc2cc3c(ccc4c5ccccc5n(-c5ccc(-n6c7ccccc7c7ccccc76)cc5)c34)cc21. The number of nitrogens with zero attached hydrogens (tertiary/aromatic N) is 3. The van der Waals surface area contributed by atoms with E-state index in [2.05, 4.69) is 160 Å². The van der Waals surface area contributed by atoms with Gasteiger partial charge in [0.15, 0.2) is 0 Å². The average molecular weight is 576 g/mol. The highest BCUT2D eigenvalue weighted by Gasteiger charge is 2.17. The van der Waals surface area contributed by atoms with Crippen LogP contribution in [0.3, 0.4) is 0 Å². The average Bonchev–Trinajstić information content (AvgIpc) is 3.76. The molecular formula is C42H29N3. The molecule has 0 fully saturated rings. The van der Waals surface area contributed by atoms with Gasteiger partial charge in [-0.05, 0) is 78.2 Å². The van der Waals surface area contributed by atoms with Crippen LogP contribution in [0.1, 0.15) is 0 Å². The molecule has 0 aliphatic carbocycles. The van der Waals surface area contributed by atoms with E-state index < -0.39 is 0 Å². The number of fused-ring (bicyclic) bond motifs is 9. The van der Waals surface area contributed by atoms with Crippen molar-refractivity contribution < 1.29 is 0 Å². The summed E-state index contributed by atoms with van der Waals surface area (Å²) in [6.07, 6.45) is 7.77. The van der Waals surface area contributed by atoms with Gasteiger partial charge in [0.2, 0.25) is 0 Å². The maximum absolute atomic E-state index is 4.03. The Hall–Kier alpha value is -6.06. The first-order valence-corrected chi connectivity index (χ1v) is 15.3. The molecule has 0 aliphatic rings. The van der Waals surface area contributed by atoms with Crippen molar-refractivity contribution in [2.24, 2.45) is 0 Å². The van der Waals surface area contributed by atoms with E-state index >= 15 is 0 Å². The second kappa shape index (κ2) is 9.73. The minimum absolute atomic E-state index is 0.998. The molecule has 0 unspecified atom stereocenters. The topological polar surface area (TPSA) is 14.8 Å². The van der Waals surface area contributed by atoms with Crippen LogP contribution in [0, 0.1) is 0 Å². The molecule has 3 heteroatoms. The summed E-state index contributed by atoms with van der Waals surface area (Å²) >= 11 is 0. The van der Waals surface area contributed by atoms with Gasteiger partial charge in [0.05, 0.1) is 27.6 Å². The fourth-order valence-corrected chi connectivity index (χ4v) is 7.23. The van der Waals surface area contributed by atoms with Crippen LogP contribution in [0.25, 0.3) is 82.4 Å². The summed E-state index contributed by atoms with van der Waals surface area (Å²) in [5.74, 6) is 0. The number of allylic oxidation sites excluding steroid dienone is 4. The fraction of sp³-hybridized carbons (Fsp3) is 0. The third-order valence-corrected chi connectivity index (χ3v) is 9.18. The molecule has 0 bridgehead atoms. The van der Waals surface area contributed by atoms with Gasteiger partial charge in [-0.15, -0.1) is 0 Å². The molecule has 0 N–H and O–H groups in total. The molecule has 6 aromatic carbocycles. The highest BCUT2D eigenvalue weighted by atomic mass is 15.0. The number of benzene rings is 6. The van der Waals surface area contributed by atoms with E-state index in [1.54, 1.807) is 6.08 Å². The van der Waals surface area contributed by atoms with Gasteiger partial charge in [0, 0.05) is 55.6 Å². The first-order chi connectivity index (χ1) is 22.2. The lowest BCUT2D eigenvalue weighted by Gasteiger charge is -2.13. The molecule has 3 aromatic heterocycles. The maximum Gasteiger partial charge on any atom is 0.0619 e. The molecule has 0 amide bonds. The molecule has 0 radical (unpaired) electrons. The Morgan fingerprint density at radius 2 is 1.07 bits per heavy atom. The Labute approximate surface area is 260 Å². The molecule has 0 saturated carbocycles. The molecule has 3 heterocycles. The van der Waals surface area contributed by atoms with Gasteiger partial charge >= 0.3 is 0 Å². The van der Waals surface area contributed by atoms with Crippen molar-refractivity contribution >= 4 is 71.0 Å². The Balaban J connectivity index is 1.29. The second-order valence-corrected chi connectivity index (χ2v) is 11.5. The molecule has 9 aromatic rings. The molecule has 0 atom stereocenters. The van der Waals surface area contributed by atoms with Crippen molar-refractivity contribution in [3.05, 3.63) is 165 Å². The Bertz CT molecular complexity index is 2620. The Kier molecular flexibility index (Phi) is 5.50. The summed E-state index contributed by atoms with van der Waals surface area (Å²) in [5, 5.41) is 8.65. The zero-order valence-electron chi connectivity index (χ0n) is 24.7. The van der Waals surface area contributed by atoms with Crippen molar-refractivity contribution in [2.75, 3.05) is 0 Å². The third kappa shape index (κ3) is 3.65. The van der Waals surface area contributed by atoms with Crippen molar-refractivity contribution in [3.8, 4) is 11.4 Å². The fourth-order valence-electron chi connectivity index (χ4n) is 7.23. The lowest BCUT2D eigenvalue weighted by atomic mass is 10.0. The van der Waals surface area contributed by atoms with Gasteiger partial charge in [-0.25, -0.2) is 0 Å². The van der Waals surface area contributed by atoms with E-state index in [0.717, 1.165) is 22.6 Å². The molecule has 9 rings (SSSR count). The van der Waals surface area contributed by atoms with E-state index in [9.17, 15) is 0 Å². The summed E-state index contributed by atoms with van der Waals surface area (Å²) in [6, 6.07) is 46.4. The zero-order valence-corrected chi connectivity index (χ0v) is 24.7. The third-order valence-electron chi connectivity index (χ3n) is 9.18. The smallest absolute Gasteiger partial charge is 0.0619 e. The summed E-state index contributed by atoms with van der Waals surface area (Å²) in [6.45, 7) is 7.91. The molecule has 212 valence electrons. The van der Waals surface area contributed by atoms with Crippen molar-refractivity contribution in [1.82, 2.24) is 13.7 Å². The van der Waals surface area contributed by atoms with E-state index in [1.807, 2.05) is 12.2 Å². The summed E-state index contributed by atoms with van der Waals surface area (Å²) < 4.78 is 6.98. The van der Waals surface area contributed by atoms with Crippen LogP contribution in [-0.2, 0) is 0 Å². The van der Waals surface area contributed by atoms with Gasteiger partial charge in [0.25, 0.3) is 0 Å². The van der Waals surface area contributed by atoms with Crippen LogP contribution in [0.4, 0.5) is 0 Å². The molecular weight excluding hydrogens is 546 g/mol. The van der Waals surface area contributed by atoms with E-state index in [-0.39, 0.29) is 0 Å². The molecule has 0 saturated heterocycles. The maximum atomic E-state index is 4.03. The van der Waals surface area contributed by atoms with Crippen molar-refractivity contribution in [3.63, 3.8) is 0 Å². The Morgan fingerprint density at radius 1 is 0.489 bits per heavy atom. The molecule has 0 spiro atoms. The summed E-state index contributed by atoms with van der Waals surface area (Å²) in [7, 11) is 0. The quantitative estimate of drug-likeness (QED) is 0.181. The second-order valence-electron chi connectivity index (χ2n) is 11.5. The lowest BCUT2D eigenvalue weighted by Crippen LogP contribution is -1.97. The predicted molar refractivity (Wildman–Crippen MR) is 193 cm³/mol. The number of hydrogen-bond donors (Lipinski definition) is 0. The van der Waals surface area contributed by atoms with Gasteiger partial charge in [-0.2, -0.15) is 0 Å². The summed E-state index contributed by atoms with van der Waals surface area (Å²) in [5.41, 5.74) is 9.28. The van der Waals surface area contributed by atoms with Crippen molar-refractivity contribution in [1.29, 1.82) is 0 Å². The van der Waals surface area contributed by atoms with Gasteiger partial charge in [-0.1, -0.05) is 86.0 Å². The monoisotopic (exact) mass is 575 g/mol. The van der Waals surface area contributed by atoms with E-state index in [1.165, 1.54) is 59.8 Å². The van der Waals surface area contributed by atoms with Crippen LogP contribution in [0.5, 0.6) is 0 Å². The summed E-state index contributed by atoms with van der Waals surface area (Å²) in [4.78, 5) is 0. The minimum Gasteiger partial charge on any atom is -0.317 e. The number of aromatic nitrogens is 3. The number of rotatable bonds is 5. The Morgan fingerprint density at radius 3 is 1.69 bits per heavy atom. The number of para-hydroxylation sites is 3. The lowest BCUT2D eigenvalue weighted by molar-refractivity contribution is 1.15. The first-order valence-electron chi connectivity index (χ1n) is 15.3. The van der Waals surface area contributed by atoms with Crippen LogP contribution in [0.2, 0.25) is 0 Å². The van der Waals surface area contributed by atoms with Gasteiger partial charge in [-0.3, -0.25) is 0 Å². The molecule has 3 nitrogen and oxygen atoms in total. The highest BCUT2D eigenvalue weighted by Crippen LogP contribution is 2.39. The minimum atomic E-state index is 0.998. The van der Waals surface area contributed by atoms with E-state index in [0.29, 0.717) is 0 Å². The predicted octanol–water partition coefficient (Wildman–Crippen LogP) is 11.2. The van der Waals surface area contributed by atoms with Crippen LogP contribution in [-0.4, -0.2) is 13.7 Å². The van der Waals surface area contributed by atoms with Crippen LogP contribution in [0.15, 0.2) is 165 Å². The van der Waals surface area contributed by atoms with E-state index in [4.69, 9.17) is 0 Å². The van der Waals surface area contributed by atoms with Crippen LogP contribution >= 0.6 is 0 Å². The molecule has 0 aliphatic heterocycles. The number of hydrogen-bond acceptors (Lipinski definition) is 0.